The van der Waals surface area contributed by atoms with Gasteiger partial charge >= 0.3 is 8.56 Å². The average molecular weight is 423 g/mol. The van der Waals surface area contributed by atoms with Crippen molar-refractivity contribution in [1.82, 2.24) is 0 Å². The summed E-state index contributed by atoms with van der Waals surface area (Å²) in [6.07, 6.45) is 17.9. The summed E-state index contributed by atoms with van der Waals surface area (Å²) in [7, 11) is -0.356. The van der Waals surface area contributed by atoms with Gasteiger partial charge in [0.1, 0.15) is 5.75 Å². The van der Waals surface area contributed by atoms with Crippen LogP contribution >= 0.6 is 0 Å². The van der Waals surface area contributed by atoms with E-state index in [9.17, 15) is 0 Å². The van der Waals surface area contributed by atoms with Crippen molar-refractivity contribution in [3.05, 3.63) is 29.8 Å². The topological polar surface area (TPSA) is 27.7 Å². The molecule has 1 aromatic rings. The van der Waals surface area contributed by atoms with Gasteiger partial charge in [-0.1, -0.05) is 96.1 Å². The smallest absolute Gasteiger partial charge is 0.332 e. The Morgan fingerprint density at radius 2 is 1.14 bits per heavy atom. The molecule has 0 aromatic heterocycles. The van der Waals surface area contributed by atoms with Gasteiger partial charge in [0.2, 0.25) is 0 Å². The highest BCUT2D eigenvalue weighted by molar-refractivity contribution is 6.64. The summed E-state index contributed by atoms with van der Waals surface area (Å²) in [5, 5.41) is 0. The largest absolute Gasteiger partial charge is 0.497 e. The Hall–Kier alpha value is -0.843. The lowest BCUT2D eigenvalue weighted by Crippen LogP contribution is -2.35. The molecule has 1 rings (SSSR count). The van der Waals surface area contributed by atoms with Crippen LogP contribution in [-0.2, 0) is 15.5 Å². The van der Waals surface area contributed by atoms with Gasteiger partial charge in [-0.3, -0.25) is 0 Å². The van der Waals surface area contributed by atoms with E-state index in [-0.39, 0.29) is 0 Å². The lowest BCUT2D eigenvalue weighted by molar-refractivity contribution is 0.168. The third-order valence-electron chi connectivity index (χ3n) is 5.44. The fourth-order valence-electron chi connectivity index (χ4n) is 3.46. The first-order valence-corrected chi connectivity index (χ1v) is 14.8. The lowest BCUT2D eigenvalue weighted by atomic mass is 10.0. The number of rotatable bonds is 19. The van der Waals surface area contributed by atoms with Crippen LogP contribution in [0, 0.1) is 0 Å². The molecule has 0 heterocycles. The van der Waals surface area contributed by atoms with Gasteiger partial charge in [0.25, 0.3) is 0 Å². The number of hydrogen-bond donors (Lipinski definition) is 0. The van der Waals surface area contributed by atoms with Gasteiger partial charge in [0.15, 0.2) is 0 Å². The molecule has 168 valence electrons. The van der Waals surface area contributed by atoms with Crippen molar-refractivity contribution < 1.29 is 13.6 Å². The Labute approximate surface area is 181 Å². The van der Waals surface area contributed by atoms with E-state index in [4.69, 9.17) is 13.6 Å². The molecule has 0 amide bonds. The lowest BCUT2D eigenvalue weighted by Gasteiger charge is -2.23. The van der Waals surface area contributed by atoms with Crippen LogP contribution in [0.3, 0.4) is 0 Å². The minimum absolute atomic E-state index is 0.613. The van der Waals surface area contributed by atoms with Crippen LogP contribution in [0.15, 0.2) is 24.3 Å². The maximum atomic E-state index is 6.09. The van der Waals surface area contributed by atoms with Gasteiger partial charge in [0, 0.05) is 6.61 Å². The Morgan fingerprint density at radius 1 is 0.655 bits per heavy atom. The SMILES string of the molecule is CCCCCCCCCCCCCCCO[Si](C)(C)OCc1ccc(OC)cc1. The molecule has 3 nitrogen and oxygen atoms in total. The predicted molar refractivity (Wildman–Crippen MR) is 127 cm³/mol. The predicted octanol–water partition coefficient (Wildman–Crippen LogP) is 8.02. The van der Waals surface area contributed by atoms with Crippen LogP contribution in [0.1, 0.15) is 96.0 Å². The van der Waals surface area contributed by atoms with Crippen molar-refractivity contribution in [2.45, 2.75) is 110 Å². The molecule has 0 fully saturated rings. The van der Waals surface area contributed by atoms with Crippen LogP contribution in [0.4, 0.5) is 0 Å². The van der Waals surface area contributed by atoms with E-state index in [0.717, 1.165) is 24.3 Å². The second kappa shape index (κ2) is 16.9. The molecule has 0 radical (unpaired) electrons. The molecule has 29 heavy (non-hydrogen) atoms. The molecule has 4 heteroatoms. The molecular weight excluding hydrogens is 376 g/mol. The third-order valence-corrected chi connectivity index (χ3v) is 7.18. The number of unbranched alkanes of at least 4 members (excludes halogenated alkanes) is 12. The van der Waals surface area contributed by atoms with Crippen molar-refractivity contribution in [3.8, 4) is 5.75 Å². The first-order valence-electron chi connectivity index (χ1n) is 12.0. The third kappa shape index (κ3) is 14.7. The highest BCUT2D eigenvalue weighted by atomic mass is 28.4. The minimum Gasteiger partial charge on any atom is -0.497 e. The molecule has 0 aliphatic heterocycles. The molecule has 0 bridgehead atoms. The first kappa shape index (κ1) is 26.2. The zero-order valence-electron chi connectivity index (χ0n) is 19.6. The normalized spacial score (nSPS) is 11.7. The summed E-state index contributed by atoms with van der Waals surface area (Å²) >= 11 is 0. The summed E-state index contributed by atoms with van der Waals surface area (Å²) in [5.74, 6) is 0.879. The van der Waals surface area contributed by atoms with Gasteiger partial charge in [0.05, 0.1) is 13.7 Å². The van der Waals surface area contributed by atoms with Crippen LogP contribution < -0.4 is 4.74 Å². The molecule has 0 aliphatic rings. The van der Waals surface area contributed by atoms with E-state index in [1.807, 2.05) is 12.1 Å². The second-order valence-corrected chi connectivity index (χ2v) is 12.0. The Kier molecular flexibility index (Phi) is 15.3. The zero-order valence-corrected chi connectivity index (χ0v) is 20.6. The van der Waals surface area contributed by atoms with Crippen LogP contribution in [0.2, 0.25) is 13.1 Å². The highest BCUT2D eigenvalue weighted by Crippen LogP contribution is 2.16. The van der Waals surface area contributed by atoms with Crippen molar-refractivity contribution in [2.75, 3.05) is 13.7 Å². The molecule has 0 aliphatic carbocycles. The van der Waals surface area contributed by atoms with Gasteiger partial charge in [-0.15, -0.1) is 0 Å². The van der Waals surface area contributed by atoms with E-state index in [2.05, 4.69) is 32.2 Å². The van der Waals surface area contributed by atoms with E-state index in [1.54, 1.807) is 7.11 Å². The van der Waals surface area contributed by atoms with Crippen molar-refractivity contribution in [2.24, 2.45) is 0 Å². The van der Waals surface area contributed by atoms with Crippen LogP contribution in [0.5, 0.6) is 5.75 Å². The Morgan fingerprint density at radius 3 is 1.62 bits per heavy atom. The summed E-state index contributed by atoms with van der Waals surface area (Å²) in [4.78, 5) is 0. The molecular formula is C25H46O3Si. The standard InChI is InChI=1S/C25H46O3Si/c1-5-6-7-8-9-10-11-12-13-14-15-16-17-22-27-29(3,4)28-23-24-18-20-25(26-2)21-19-24/h18-21H,5-17,22-23H2,1-4H3. The molecule has 0 saturated heterocycles. The van der Waals surface area contributed by atoms with Crippen LogP contribution in [0.25, 0.3) is 0 Å². The number of ether oxygens (including phenoxy) is 1. The molecule has 1 aromatic carbocycles. The molecule has 0 atom stereocenters. The molecule has 0 spiro atoms. The average Bonchev–Trinajstić information content (AvgIpc) is 2.73. The maximum Gasteiger partial charge on any atom is 0.332 e. The Balaban J connectivity index is 1.92. The van der Waals surface area contributed by atoms with Gasteiger partial charge in [-0.2, -0.15) is 0 Å². The number of benzene rings is 1. The number of hydrogen-bond acceptors (Lipinski definition) is 3. The monoisotopic (exact) mass is 422 g/mol. The van der Waals surface area contributed by atoms with Crippen molar-refractivity contribution >= 4 is 8.56 Å². The number of methoxy groups -OCH3 is 1. The Bertz CT molecular complexity index is 487. The van der Waals surface area contributed by atoms with Crippen molar-refractivity contribution in [1.29, 1.82) is 0 Å². The van der Waals surface area contributed by atoms with Gasteiger partial charge < -0.3 is 13.6 Å². The zero-order chi connectivity index (χ0) is 21.2. The fraction of sp³-hybridized carbons (Fsp3) is 0.760. The van der Waals surface area contributed by atoms with E-state index >= 15 is 0 Å². The van der Waals surface area contributed by atoms with Gasteiger partial charge in [-0.25, -0.2) is 0 Å². The van der Waals surface area contributed by atoms with E-state index < -0.39 is 8.56 Å². The van der Waals surface area contributed by atoms with Gasteiger partial charge in [-0.05, 0) is 37.2 Å². The minimum atomic E-state index is -2.04. The summed E-state index contributed by atoms with van der Waals surface area (Å²) in [5.41, 5.74) is 1.16. The fourth-order valence-corrected chi connectivity index (χ4v) is 4.69. The summed E-state index contributed by atoms with van der Waals surface area (Å²) in [6.45, 7) is 8.01. The maximum absolute atomic E-state index is 6.09. The summed E-state index contributed by atoms with van der Waals surface area (Å²) in [6, 6.07) is 8.05. The van der Waals surface area contributed by atoms with E-state index in [0.29, 0.717) is 6.61 Å². The van der Waals surface area contributed by atoms with E-state index in [1.165, 1.54) is 77.0 Å². The molecule has 0 unspecified atom stereocenters. The summed E-state index contributed by atoms with van der Waals surface area (Å²) < 4.78 is 17.4. The van der Waals surface area contributed by atoms with Crippen LogP contribution in [-0.4, -0.2) is 22.3 Å². The highest BCUT2D eigenvalue weighted by Gasteiger charge is 2.24. The second-order valence-electron chi connectivity index (χ2n) is 8.63. The quantitative estimate of drug-likeness (QED) is 0.167. The van der Waals surface area contributed by atoms with Crippen molar-refractivity contribution in [3.63, 3.8) is 0 Å². The molecule has 0 saturated carbocycles. The first-order chi connectivity index (χ1) is 14.1. The molecule has 0 N–H and O–H groups in total.